The van der Waals surface area contributed by atoms with Crippen LogP contribution in [0.4, 0.5) is 4.39 Å². The van der Waals surface area contributed by atoms with Crippen LogP contribution in [0.3, 0.4) is 0 Å². The molecule has 3 N–H and O–H groups in total. The van der Waals surface area contributed by atoms with Crippen molar-refractivity contribution in [2.24, 2.45) is 4.99 Å². The number of nitrogens with zero attached hydrogens (tertiary/aromatic N) is 1. The average Bonchev–Trinajstić information content (AvgIpc) is 2.52. The molecule has 0 aliphatic rings. The highest BCUT2D eigenvalue weighted by atomic mass is 19.1. The molecule has 1 atom stereocenters. The van der Waals surface area contributed by atoms with Crippen LogP contribution >= 0.6 is 0 Å². The van der Waals surface area contributed by atoms with Gasteiger partial charge in [-0.25, -0.2) is 9.38 Å². The molecule has 1 aromatic rings. The lowest BCUT2D eigenvalue weighted by atomic mass is 10.2. The highest BCUT2D eigenvalue weighted by molar-refractivity contribution is 5.81. The Balaban J connectivity index is 2.45. The number of hydrogen-bond donors (Lipinski definition) is 3. The van der Waals surface area contributed by atoms with Crippen molar-refractivity contribution >= 4 is 11.9 Å². The molecule has 1 rings (SSSR count). The Bertz CT molecular complexity index is 519. The molecule has 0 saturated heterocycles. The van der Waals surface area contributed by atoms with E-state index in [1.807, 2.05) is 26.8 Å². The summed E-state index contributed by atoms with van der Waals surface area (Å²) in [5.41, 5.74) is 0.803. The number of aliphatic imine (C=N–C) groups is 1. The molecular weight excluding hydrogens is 295 g/mol. The number of carbonyl (C=O) groups excluding carboxylic acids is 1. The molecule has 0 aliphatic carbocycles. The van der Waals surface area contributed by atoms with Crippen LogP contribution in [0, 0.1) is 5.82 Å². The van der Waals surface area contributed by atoms with Gasteiger partial charge >= 0.3 is 0 Å². The summed E-state index contributed by atoms with van der Waals surface area (Å²) in [6, 6.07) is 6.56. The molecule has 0 radical (unpaired) electrons. The number of benzene rings is 1. The van der Waals surface area contributed by atoms with Crippen molar-refractivity contribution in [3.63, 3.8) is 0 Å². The van der Waals surface area contributed by atoms with E-state index in [9.17, 15) is 9.18 Å². The minimum Gasteiger partial charge on any atom is -0.357 e. The fourth-order valence-corrected chi connectivity index (χ4v) is 1.89. The van der Waals surface area contributed by atoms with Gasteiger partial charge < -0.3 is 16.0 Å². The van der Waals surface area contributed by atoms with E-state index in [0.29, 0.717) is 32.0 Å². The first-order valence-corrected chi connectivity index (χ1v) is 8.11. The first-order valence-electron chi connectivity index (χ1n) is 8.11. The molecule has 0 bridgehead atoms. The zero-order valence-electron chi connectivity index (χ0n) is 14.2. The van der Waals surface area contributed by atoms with Gasteiger partial charge in [-0.2, -0.15) is 0 Å². The molecule has 1 amide bonds. The minimum atomic E-state index is -0.266. The lowest BCUT2D eigenvalue weighted by Gasteiger charge is -2.13. The highest BCUT2D eigenvalue weighted by Gasteiger charge is 2.05. The second kappa shape index (κ2) is 10.6. The molecule has 0 fully saturated rings. The molecule has 0 saturated carbocycles. The Morgan fingerprint density at radius 1 is 1.30 bits per heavy atom. The number of halogens is 1. The van der Waals surface area contributed by atoms with Crippen molar-refractivity contribution in [2.45, 2.75) is 46.2 Å². The second-order valence-electron chi connectivity index (χ2n) is 5.38. The molecule has 5 nitrogen and oxygen atoms in total. The molecule has 23 heavy (non-hydrogen) atoms. The van der Waals surface area contributed by atoms with Crippen LogP contribution in [-0.2, 0) is 11.3 Å². The Hall–Kier alpha value is -2.11. The van der Waals surface area contributed by atoms with Gasteiger partial charge in [0.25, 0.3) is 0 Å². The summed E-state index contributed by atoms with van der Waals surface area (Å²) in [5, 5.41) is 9.14. The van der Waals surface area contributed by atoms with E-state index in [-0.39, 0.29) is 17.8 Å². The van der Waals surface area contributed by atoms with Gasteiger partial charge in [-0.15, -0.1) is 0 Å². The molecule has 0 spiro atoms. The Kier molecular flexibility index (Phi) is 8.72. The summed E-state index contributed by atoms with van der Waals surface area (Å²) in [6.45, 7) is 7.58. The van der Waals surface area contributed by atoms with Crippen LogP contribution < -0.4 is 16.0 Å². The lowest BCUT2D eigenvalue weighted by Crippen LogP contribution is -2.40. The van der Waals surface area contributed by atoms with Crippen molar-refractivity contribution in [2.75, 3.05) is 13.1 Å². The van der Waals surface area contributed by atoms with E-state index >= 15 is 0 Å². The normalized spacial score (nSPS) is 12.6. The van der Waals surface area contributed by atoms with Crippen LogP contribution in [0.25, 0.3) is 0 Å². The van der Waals surface area contributed by atoms with Crippen LogP contribution in [0.15, 0.2) is 29.3 Å². The third kappa shape index (κ3) is 8.18. The molecule has 6 heteroatoms. The molecule has 128 valence electrons. The molecule has 0 aliphatic heterocycles. The number of guanidine groups is 1. The number of nitrogens with one attached hydrogen (secondary N) is 3. The predicted octanol–water partition coefficient (Wildman–Crippen LogP) is 2.19. The van der Waals surface area contributed by atoms with Gasteiger partial charge in [0.15, 0.2) is 5.96 Å². The summed E-state index contributed by atoms with van der Waals surface area (Å²) in [5.74, 6) is 0.373. The van der Waals surface area contributed by atoms with Gasteiger partial charge in [0.2, 0.25) is 5.91 Å². The maximum absolute atomic E-state index is 13.1. The lowest BCUT2D eigenvalue weighted by molar-refractivity contribution is -0.121. The third-order valence-electron chi connectivity index (χ3n) is 3.32. The van der Waals surface area contributed by atoms with Gasteiger partial charge in [-0.05, 0) is 38.0 Å². The zero-order chi connectivity index (χ0) is 17.1. The monoisotopic (exact) mass is 322 g/mol. The van der Waals surface area contributed by atoms with E-state index in [1.165, 1.54) is 12.1 Å². The fraction of sp³-hybridized carbons (Fsp3) is 0.529. The summed E-state index contributed by atoms with van der Waals surface area (Å²) >= 11 is 0. The van der Waals surface area contributed by atoms with Gasteiger partial charge in [-0.1, -0.05) is 19.1 Å². The van der Waals surface area contributed by atoms with Gasteiger partial charge in [0.05, 0.1) is 6.54 Å². The maximum atomic E-state index is 13.1. The van der Waals surface area contributed by atoms with E-state index in [1.54, 1.807) is 6.07 Å². The smallest absolute Gasteiger partial charge is 0.221 e. The number of carbonyl (C=O) groups is 1. The van der Waals surface area contributed by atoms with Crippen LogP contribution in [0.1, 0.15) is 39.2 Å². The van der Waals surface area contributed by atoms with Crippen LogP contribution in [0.5, 0.6) is 0 Å². The standard InChI is InChI=1S/C17H27FN4O/c1-4-13(3)22-16(23)9-10-20-17(19-5-2)21-12-14-7-6-8-15(18)11-14/h6-8,11,13H,4-5,9-10,12H2,1-3H3,(H,22,23)(H2,19,20,21). The van der Waals surface area contributed by atoms with Gasteiger partial charge in [0, 0.05) is 25.6 Å². The Labute approximate surface area is 137 Å². The second-order valence-corrected chi connectivity index (χ2v) is 5.38. The summed E-state index contributed by atoms with van der Waals surface area (Å²) < 4.78 is 13.1. The number of hydrogen-bond acceptors (Lipinski definition) is 2. The van der Waals surface area contributed by atoms with Gasteiger partial charge in [-0.3, -0.25) is 4.79 Å². The van der Waals surface area contributed by atoms with Crippen molar-refractivity contribution < 1.29 is 9.18 Å². The summed E-state index contributed by atoms with van der Waals surface area (Å²) in [7, 11) is 0. The van der Waals surface area contributed by atoms with E-state index in [2.05, 4.69) is 20.9 Å². The first kappa shape index (κ1) is 18.9. The SMILES string of the molecule is CCNC(=NCc1cccc(F)c1)NCCC(=O)NC(C)CC. The molecule has 1 aromatic carbocycles. The molecule has 0 heterocycles. The van der Waals surface area contributed by atoms with E-state index in [0.717, 1.165) is 12.0 Å². The topological polar surface area (TPSA) is 65.5 Å². The third-order valence-corrected chi connectivity index (χ3v) is 3.32. The average molecular weight is 322 g/mol. The molecular formula is C17H27FN4O. The minimum absolute atomic E-state index is 0.0211. The quantitative estimate of drug-likeness (QED) is 0.508. The summed E-state index contributed by atoms with van der Waals surface area (Å²) in [6.07, 6.45) is 1.30. The van der Waals surface area contributed by atoms with E-state index < -0.39 is 0 Å². The largest absolute Gasteiger partial charge is 0.357 e. The fourth-order valence-electron chi connectivity index (χ4n) is 1.89. The zero-order valence-corrected chi connectivity index (χ0v) is 14.2. The summed E-state index contributed by atoms with van der Waals surface area (Å²) in [4.78, 5) is 16.1. The Morgan fingerprint density at radius 3 is 2.74 bits per heavy atom. The van der Waals surface area contributed by atoms with Gasteiger partial charge in [0.1, 0.15) is 5.82 Å². The highest BCUT2D eigenvalue weighted by Crippen LogP contribution is 2.04. The van der Waals surface area contributed by atoms with Crippen molar-refractivity contribution in [1.29, 1.82) is 0 Å². The number of rotatable bonds is 8. The van der Waals surface area contributed by atoms with E-state index in [4.69, 9.17) is 0 Å². The number of amides is 1. The van der Waals surface area contributed by atoms with Crippen LogP contribution in [-0.4, -0.2) is 31.0 Å². The maximum Gasteiger partial charge on any atom is 0.221 e. The van der Waals surface area contributed by atoms with Crippen molar-refractivity contribution in [1.82, 2.24) is 16.0 Å². The van der Waals surface area contributed by atoms with Crippen molar-refractivity contribution in [3.8, 4) is 0 Å². The van der Waals surface area contributed by atoms with Crippen LogP contribution in [0.2, 0.25) is 0 Å². The molecule has 0 aromatic heterocycles. The first-order chi connectivity index (χ1) is 11.0. The Morgan fingerprint density at radius 2 is 2.09 bits per heavy atom. The van der Waals surface area contributed by atoms with Crippen molar-refractivity contribution in [3.05, 3.63) is 35.6 Å². The predicted molar refractivity (Wildman–Crippen MR) is 91.7 cm³/mol. The molecule has 1 unspecified atom stereocenters.